The maximum Gasteiger partial charge on any atom is 0.338 e. The van der Waals surface area contributed by atoms with Crippen molar-refractivity contribution in [2.45, 2.75) is 30.6 Å². The van der Waals surface area contributed by atoms with Crippen molar-refractivity contribution in [3.05, 3.63) is 35.9 Å². The second-order valence-corrected chi connectivity index (χ2v) is 4.77. The highest BCUT2D eigenvalue weighted by Gasteiger charge is 2.52. The van der Waals surface area contributed by atoms with Gasteiger partial charge in [-0.25, -0.2) is 4.79 Å². The number of carbonyl (C=O) groups excluding carboxylic acids is 1. The average Bonchev–Trinajstić information content (AvgIpc) is 2.89. The van der Waals surface area contributed by atoms with Gasteiger partial charge in [-0.2, -0.15) is 0 Å². The van der Waals surface area contributed by atoms with Gasteiger partial charge < -0.3 is 25.1 Å². The molecule has 1 aromatic rings. The molecular formula is C13H16NO5+. The van der Waals surface area contributed by atoms with Crippen LogP contribution in [0.2, 0.25) is 0 Å². The first-order valence-corrected chi connectivity index (χ1v) is 6.21. The van der Waals surface area contributed by atoms with Crippen molar-refractivity contribution in [2.24, 2.45) is 0 Å². The Kier molecular flexibility index (Phi) is 3.24. The van der Waals surface area contributed by atoms with Crippen LogP contribution in [0.5, 0.6) is 0 Å². The van der Waals surface area contributed by atoms with Gasteiger partial charge in [-0.1, -0.05) is 18.2 Å². The summed E-state index contributed by atoms with van der Waals surface area (Å²) in [4.78, 5) is 12.0. The molecule has 3 rings (SSSR count). The zero-order valence-corrected chi connectivity index (χ0v) is 10.3. The number of hydrogen-bond acceptors (Lipinski definition) is 5. The lowest BCUT2D eigenvalue weighted by Crippen LogP contribution is -2.77. The summed E-state index contributed by atoms with van der Waals surface area (Å²) in [6.45, 7) is 0.306. The molecule has 102 valence electrons. The molecule has 0 saturated carbocycles. The lowest BCUT2D eigenvalue weighted by Gasteiger charge is -2.33. The molecule has 2 bridgehead atoms. The first kappa shape index (κ1) is 12.6. The summed E-state index contributed by atoms with van der Waals surface area (Å²) in [5, 5.41) is 9.91. The fourth-order valence-corrected chi connectivity index (χ4v) is 2.39. The molecule has 5 atom stereocenters. The molecule has 0 aliphatic carbocycles. The molecule has 6 heteroatoms. The number of esters is 1. The van der Waals surface area contributed by atoms with E-state index in [0.717, 1.165) is 0 Å². The number of hydrogen-bond donors (Lipinski definition) is 2. The molecule has 0 aromatic heterocycles. The third-order valence-electron chi connectivity index (χ3n) is 3.49. The second-order valence-electron chi connectivity index (χ2n) is 4.77. The van der Waals surface area contributed by atoms with E-state index >= 15 is 0 Å². The molecule has 0 unspecified atom stereocenters. The fraction of sp³-hybridized carbons (Fsp3) is 0.462. The van der Waals surface area contributed by atoms with Gasteiger partial charge in [0.2, 0.25) is 0 Å². The van der Waals surface area contributed by atoms with E-state index in [-0.39, 0.29) is 6.10 Å². The van der Waals surface area contributed by atoms with Crippen LogP contribution in [0.25, 0.3) is 0 Å². The largest absolute Gasteiger partial charge is 0.449 e. The first-order valence-electron chi connectivity index (χ1n) is 6.21. The van der Waals surface area contributed by atoms with E-state index in [1.54, 1.807) is 24.3 Å². The monoisotopic (exact) mass is 266 g/mol. The molecule has 2 saturated heterocycles. The normalized spacial score (nSPS) is 37.1. The van der Waals surface area contributed by atoms with Crippen molar-refractivity contribution < 1.29 is 29.8 Å². The molecule has 0 spiro atoms. The predicted octanol–water partition coefficient (Wildman–Crippen LogP) is -1.06. The van der Waals surface area contributed by atoms with Gasteiger partial charge in [0.05, 0.1) is 12.2 Å². The van der Waals surface area contributed by atoms with E-state index < -0.39 is 30.5 Å². The predicted molar refractivity (Wildman–Crippen MR) is 62.9 cm³/mol. The number of carbonyl (C=O) groups is 1. The van der Waals surface area contributed by atoms with E-state index in [0.29, 0.717) is 12.2 Å². The Labute approximate surface area is 110 Å². The average molecular weight is 266 g/mol. The van der Waals surface area contributed by atoms with Crippen LogP contribution < -0.4 is 5.73 Å². The summed E-state index contributed by atoms with van der Waals surface area (Å²) < 4.78 is 16.1. The molecule has 0 radical (unpaired) electrons. The van der Waals surface area contributed by atoms with Gasteiger partial charge >= 0.3 is 5.97 Å². The Bertz CT molecular complexity index is 465. The minimum absolute atomic E-state index is 0.306. The maximum absolute atomic E-state index is 12.0. The van der Waals surface area contributed by atoms with E-state index in [4.69, 9.17) is 14.2 Å². The molecule has 0 amide bonds. The lowest BCUT2D eigenvalue weighted by molar-refractivity contribution is -0.476. The number of fused-ring (bicyclic) bond motifs is 2. The Morgan fingerprint density at radius 1 is 1.37 bits per heavy atom. The summed E-state index contributed by atoms with van der Waals surface area (Å²) in [5.74, 6) is -0.444. The summed E-state index contributed by atoms with van der Waals surface area (Å²) in [6.07, 6.45) is -2.49. The zero-order chi connectivity index (χ0) is 13.4. The summed E-state index contributed by atoms with van der Waals surface area (Å²) in [6, 6.07) is 8.24. The van der Waals surface area contributed by atoms with Gasteiger partial charge in [0.15, 0.2) is 24.5 Å². The zero-order valence-electron chi connectivity index (χ0n) is 10.3. The van der Waals surface area contributed by atoms with Crippen LogP contribution in [0.15, 0.2) is 30.3 Å². The van der Waals surface area contributed by atoms with Gasteiger partial charge in [0, 0.05) is 0 Å². The van der Waals surface area contributed by atoms with E-state index in [9.17, 15) is 9.90 Å². The van der Waals surface area contributed by atoms with E-state index in [2.05, 4.69) is 5.73 Å². The molecule has 1 aromatic carbocycles. The van der Waals surface area contributed by atoms with Crippen LogP contribution in [0.1, 0.15) is 10.4 Å². The Hall–Kier alpha value is -1.47. The molecule has 4 N–H and O–H groups in total. The minimum Gasteiger partial charge on any atom is -0.449 e. The second kappa shape index (κ2) is 4.90. The molecule has 2 heterocycles. The number of rotatable bonds is 2. The van der Waals surface area contributed by atoms with Crippen LogP contribution in [-0.4, -0.2) is 48.3 Å². The van der Waals surface area contributed by atoms with Crippen molar-refractivity contribution in [1.82, 2.24) is 0 Å². The summed E-state index contributed by atoms with van der Waals surface area (Å²) in [5.41, 5.74) is 4.32. The van der Waals surface area contributed by atoms with Crippen molar-refractivity contribution in [2.75, 3.05) is 6.61 Å². The Morgan fingerprint density at radius 3 is 2.84 bits per heavy atom. The minimum atomic E-state index is -0.882. The number of ether oxygens (including phenoxy) is 3. The molecular weight excluding hydrogens is 250 g/mol. The quantitative estimate of drug-likeness (QED) is 0.666. The van der Waals surface area contributed by atoms with Crippen LogP contribution >= 0.6 is 0 Å². The highest BCUT2D eigenvalue weighted by atomic mass is 16.7. The number of benzene rings is 1. The van der Waals surface area contributed by atoms with Crippen LogP contribution in [0, 0.1) is 0 Å². The van der Waals surface area contributed by atoms with Gasteiger partial charge in [-0.15, -0.1) is 0 Å². The number of quaternary nitrogens is 1. The summed E-state index contributed by atoms with van der Waals surface area (Å²) in [7, 11) is 0. The molecule has 19 heavy (non-hydrogen) atoms. The molecule has 2 fully saturated rings. The van der Waals surface area contributed by atoms with E-state index in [1.165, 1.54) is 0 Å². The van der Waals surface area contributed by atoms with Gasteiger partial charge in [0.1, 0.15) is 6.10 Å². The van der Waals surface area contributed by atoms with Gasteiger partial charge in [-0.05, 0) is 12.1 Å². The third kappa shape index (κ3) is 2.23. The third-order valence-corrected chi connectivity index (χ3v) is 3.49. The maximum atomic E-state index is 12.0. The van der Waals surface area contributed by atoms with Crippen molar-refractivity contribution in [1.29, 1.82) is 0 Å². The molecule has 6 nitrogen and oxygen atoms in total. The van der Waals surface area contributed by atoms with Gasteiger partial charge in [0.25, 0.3) is 0 Å². The highest BCUT2D eigenvalue weighted by molar-refractivity contribution is 5.89. The van der Waals surface area contributed by atoms with Crippen LogP contribution in [-0.2, 0) is 14.2 Å². The van der Waals surface area contributed by atoms with Gasteiger partial charge in [-0.3, -0.25) is 0 Å². The smallest absolute Gasteiger partial charge is 0.338 e. The summed E-state index contributed by atoms with van der Waals surface area (Å²) >= 11 is 0. The fourth-order valence-electron chi connectivity index (χ4n) is 2.39. The molecule has 2 aliphatic heterocycles. The van der Waals surface area contributed by atoms with Crippen molar-refractivity contribution in [3.8, 4) is 0 Å². The topological polar surface area (TPSA) is 92.6 Å². The lowest BCUT2D eigenvalue weighted by atomic mass is 9.99. The molecule has 2 aliphatic rings. The SMILES string of the molecule is [NH3+][C@H]1[C@@H](O)[C@@H]2OC[C@@H](O2)[C@@H]1OC(=O)c1ccccc1. The highest BCUT2D eigenvalue weighted by Crippen LogP contribution is 2.28. The van der Waals surface area contributed by atoms with E-state index in [1.807, 2.05) is 6.07 Å². The Balaban J connectivity index is 1.74. The van der Waals surface area contributed by atoms with Crippen molar-refractivity contribution >= 4 is 5.97 Å². The standard InChI is InChI=1S/C13H15NO5/c14-9-10(15)13-17-6-8(18-13)11(9)19-12(16)7-4-2-1-3-5-7/h1-5,8-11,13,15H,6,14H2/p+1/t8-,9+,10-,11+,13-/m1/s1. The van der Waals surface area contributed by atoms with Crippen LogP contribution in [0.3, 0.4) is 0 Å². The number of aliphatic hydroxyl groups excluding tert-OH is 1. The number of aliphatic hydroxyl groups is 1. The first-order chi connectivity index (χ1) is 9.16. The van der Waals surface area contributed by atoms with Crippen molar-refractivity contribution in [3.63, 3.8) is 0 Å². The Morgan fingerprint density at radius 2 is 2.11 bits per heavy atom. The van der Waals surface area contributed by atoms with Crippen LogP contribution in [0.4, 0.5) is 0 Å².